The van der Waals surface area contributed by atoms with Crippen LogP contribution in [0.3, 0.4) is 0 Å². The average Bonchev–Trinajstić information content (AvgIpc) is 3.13. The molecule has 1 fully saturated rings. The first-order valence-corrected chi connectivity index (χ1v) is 7.11. The van der Waals surface area contributed by atoms with Crippen molar-refractivity contribution in [1.82, 2.24) is 9.97 Å². The lowest BCUT2D eigenvalue weighted by molar-refractivity contribution is 0.919. The van der Waals surface area contributed by atoms with Gasteiger partial charge in [-0.3, -0.25) is 0 Å². The van der Waals surface area contributed by atoms with Crippen LogP contribution in [0.1, 0.15) is 24.6 Å². The van der Waals surface area contributed by atoms with E-state index >= 15 is 0 Å². The fraction of sp³-hybridized carbons (Fsp3) is 0.231. The van der Waals surface area contributed by atoms with Crippen molar-refractivity contribution in [3.05, 3.63) is 45.2 Å². The Morgan fingerprint density at radius 1 is 1.00 bits per heavy atom. The minimum atomic E-state index is 0.571. The van der Waals surface area contributed by atoms with Gasteiger partial charge in [-0.05, 0) is 47.0 Å². The molecule has 0 unspecified atom stereocenters. The van der Waals surface area contributed by atoms with E-state index in [0.717, 1.165) is 26.2 Å². The second kappa shape index (κ2) is 4.50. The molecule has 1 aromatic heterocycles. The fourth-order valence-electron chi connectivity index (χ4n) is 1.73. The molecule has 1 aliphatic rings. The molecule has 1 aliphatic carbocycles. The number of rotatable bonds is 2. The lowest BCUT2D eigenvalue weighted by atomic mass is 10.1. The number of aromatic nitrogens is 2. The molecular weight excluding hydrogens is 344 g/mol. The van der Waals surface area contributed by atoms with E-state index < -0.39 is 0 Å². The van der Waals surface area contributed by atoms with Crippen molar-refractivity contribution in [3.8, 4) is 11.3 Å². The molecule has 1 aromatic carbocycles. The summed E-state index contributed by atoms with van der Waals surface area (Å²) in [6.45, 7) is 0. The Kier molecular flexibility index (Phi) is 3.01. The van der Waals surface area contributed by atoms with Crippen LogP contribution < -0.4 is 0 Å². The minimum Gasteiger partial charge on any atom is -0.233 e. The summed E-state index contributed by atoms with van der Waals surface area (Å²) < 4.78 is 1.95. The van der Waals surface area contributed by atoms with Gasteiger partial charge in [-0.15, -0.1) is 0 Å². The van der Waals surface area contributed by atoms with Gasteiger partial charge in [0.1, 0.15) is 10.4 Å². The summed E-state index contributed by atoms with van der Waals surface area (Å²) in [7, 11) is 0. The Labute approximate surface area is 117 Å². The lowest BCUT2D eigenvalue weighted by Crippen LogP contribution is -1.95. The van der Waals surface area contributed by atoms with Crippen LogP contribution in [0.2, 0.25) is 0 Å². The highest BCUT2D eigenvalue weighted by Crippen LogP contribution is 2.39. The Balaban J connectivity index is 2.04. The van der Waals surface area contributed by atoms with Crippen LogP contribution in [0.15, 0.2) is 39.4 Å². The molecule has 86 valence electrons. The summed E-state index contributed by atoms with van der Waals surface area (Å²) in [5.41, 5.74) is 2.11. The van der Waals surface area contributed by atoms with Crippen molar-refractivity contribution in [2.45, 2.75) is 18.8 Å². The number of nitrogens with zero attached hydrogens (tertiary/aromatic N) is 2. The van der Waals surface area contributed by atoms with Crippen LogP contribution in [0.4, 0.5) is 0 Å². The normalized spacial score (nSPS) is 14.9. The maximum absolute atomic E-state index is 4.64. The molecule has 0 aliphatic heterocycles. The molecule has 0 spiro atoms. The molecular formula is C13H10Br2N2. The van der Waals surface area contributed by atoms with Crippen molar-refractivity contribution >= 4 is 31.9 Å². The second-order valence-electron chi connectivity index (χ2n) is 4.22. The Bertz CT molecular complexity index is 548. The highest BCUT2D eigenvalue weighted by molar-refractivity contribution is 9.10. The van der Waals surface area contributed by atoms with Crippen LogP contribution in [-0.2, 0) is 0 Å². The summed E-state index contributed by atoms with van der Waals surface area (Å²) >= 11 is 6.90. The number of hydrogen-bond donors (Lipinski definition) is 0. The highest BCUT2D eigenvalue weighted by atomic mass is 79.9. The topological polar surface area (TPSA) is 25.8 Å². The zero-order chi connectivity index (χ0) is 11.8. The first-order chi connectivity index (χ1) is 8.22. The molecule has 1 saturated carbocycles. The monoisotopic (exact) mass is 352 g/mol. The van der Waals surface area contributed by atoms with Crippen molar-refractivity contribution in [1.29, 1.82) is 0 Å². The largest absolute Gasteiger partial charge is 0.233 e. The van der Waals surface area contributed by atoms with Crippen molar-refractivity contribution in [2.24, 2.45) is 0 Å². The smallest absolute Gasteiger partial charge is 0.133 e. The maximum atomic E-state index is 4.64. The molecule has 4 heteroatoms. The average molecular weight is 354 g/mol. The van der Waals surface area contributed by atoms with Crippen LogP contribution in [-0.4, -0.2) is 9.97 Å². The third-order valence-corrected chi connectivity index (χ3v) is 3.73. The molecule has 0 saturated heterocycles. The van der Waals surface area contributed by atoms with Crippen LogP contribution in [0.25, 0.3) is 11.3 Å². The summed E-state index contributed by atoms with van der Waals surface area (Å²) in [6, 6.07) is 10.2. The standard InChI is InChI=1S/C13H10Br2N2/c14-10-5-3-8(4-6-10)11-7-12(15)17-13(16-11)9-1-2-9/h3-7,9H,1-2H2. The number of hydrogen-bond acceptors (Lipinski definition) is 2. The van der Waals surface area contributed by atoms with Gasteiger partial charge in [0.05, 0.1) is 5.69 Å². The molecule has 1 heterocycles. The lowest BCUT2D eigenvalue weighted by Gasteiger charge is -2.04. The Morgan fingerprint density at radius 2 is 1.71 bits per heavy atom. The summed E-state index contributed by atoms with van der Waals surface area (Å²) in [5, 5.41) is 0. The molecule has 3 rings (SSSR count). The minimum absolute atomic E-state index is 0.571. The molecule has 0 bridgehead atoms. The van der Waals surface area contributed by atoms with Gasteiger partial charge in [0.15, 0.2) is 0 Å². The zero-order valence-electron chi connectivity index (χ0n) is 9.03. The molecule has 0 N–H and O–H groups in total. The number of halogens is 2. The predicted octanol–water partition coefficient (Wildman–Crippen LogP) is 4.55. The van der Waals surface area contributed by atoms with E-state index in [-0.39, 0.29) is 0 Å². The van der Waals surface area contributed by atoms with Gasteiger partial charge in [0.25, 0.3) is 0 Å². The van der Waals surface area contributed by atoms with E-state index in [1.54, 1.807) is 0 Å². The first kappa shape index (κ1) is 11.4. The third-order valence-electron chi connectivity index (χ3n) is 2.79. The summed E-state index contributed by atoms with van der Waals surface area (Å²) in [4.78, 5) is 9.07. The summed E-state index contributed by atoms with van der Waals surface area (Å²) in [5.74, 6) is 1.54. The van der Waals surface area contributed by atoms with Crippen molar-refractivity contribution in [3.63, 3.8) is 0 Å². The second-order valence-corrected chi connectivity index (χ2v) is 5.94. The molecule has 2 aromatic rings. The van der Waals surface area contributed by atoms with Crippen molar-refractivity contribution < 1.29 is 0 Å². The van der Waals surface area contributed by atoms with E-state index in [1.807, 2.05) is 18.2 Å². The van der Waals surface area contributed by atoms with Crippen LogP contribution in [0.5, 0.6) is 0 Å². The Morgan fingerprint density at radius 3 is 2.35 bits per heavy atom. The first-order valence-electron chi connectivity index (χ1n) is 5.53. The molecule has 0 amide bonds. The van der Waals surface area contributed by atoms with Crippen LogP contribution in [0, 0.1) is 0 Å². The van der Waals surface area contributed by atoms with Crippen LogP contribution >= 0.6 is 31.9 Å². The molecule has 17 heavy (non-hydrogen) atoms. The quantitative estimate of drug-likeness (QED) is 0.740. The van der Waals surface area contributed by atoms with E-state index in [9.17, 15) is 0 Å². The number of benzene rings is 1. The Hall–Kier alpha value is -0.740. The van der Waals surface area contributed by atoms with Gasteiger partial charge in [0.2, 0.25) is 0 Å². The highest BCUT2D eigenvalue weighted by Gasteiger charge is 2.27. The van der Waals surface area contributed by atoms with Gasteiger partial charge >= 0.3 is 0 Å². The summed E-state index contributed by atoms with van der Waals surface area (Å²) in [6.07, 6.45) is 2.44. The molecule has 0 atom stereocenters. The van der Waals surface area contributed by atoms with Gasteiger partial charge in [0, 0.05) is 16.0 Å². The van der Waals surface area contributed by atoms with Gasteiger partial charge in [-0.25, -0.2) is 9.97 Å². The van der Waals surface area contributed by atoms with E-state index in [1.165, 1.54) is 12.8 Å². The molecule has 2 nitrogen and oxygen atoms in total. The zero-order valence-corrected chi connectivity index (χ0v) is 12.2. The third kappa shape index (κ3) is 2.58. The maximum Gasteiger partial charge on any atom is 0.133 e. The van der Waals surface area contributed by atoms with E-state index in [4.69, 9.17) is 0 Å². The van der Waals surface area contributed by atoms with E-state index in [0.29, 0.717) is 5.92 Å². The van der Waals surface area contributed by atoms with Crippen molar-refractivity contribution in [2.75, 3.05) is 0 Å². The van der Waals surface area contributed by atoms with E-state index in [2.05, 4.69) is 54.0 Å². The van der Waals surface area contributed by atoms with Gasteiger partial charge in [-0.1, -0.05) is 28.1 Å². The van der Waals surface area contributed by atoms with Gasteiger partial charge in [-0.2, -0.15) is 0 Å². The fourth-order valence-corrected chi connectivity index (χ4v) is 2.39. The molecule has 0 radical (unpaired) electrons. The SMILES string of the molecule is Brc1ccc(-c2cc(Br)nc(C3CC3)n2)cc1. The predicted molar refractivity (Wildman–Crippen MR) is 74.8 cm³/mol. The van der Waals surface area contributed by atoms with Gasteiger partial charge < -0.3 is 0 Å².